The monoisotopic (exact) mass is 362 g/mol. The van der Waals surface area contributed by atoms with Crippen molar-refractivity contribution in [3.05, 3.63) is 22.7 Å². The van der Waals surface area contributed by atoms with Crippen molar-refractivity contribution in [1.82, 2.24) is 4.31 Å². The van der Waals surface area contributed by atoms with Crippen LogP contribution in [0.2, 0.25) is 0 Å². The van der Waals surface area contributed by atoms with Crippen LogP contribution < -0.4 is 5.73 Å². The van der Waals surface area contributed by atoms with E-state index in [1.807, 2.05) is 0 Å². The van der Waals surface area contributed by atoms with Gasteiger partial charge in [0.05, 0.1) is 11.0 Å². The molecule has 1 fully saturated rings. The van der Waals surface area contributed by atoms with E-state index in [9.17, 15) is 13.5 Å². The third-order valence-corrected chi connectivity index (χ3v) is 6.37. The van der Waals surface area contributed by atoms with Crippen molar-refractivity contribution in [2.45, 2.75) is 30.8 Å². The third kappa shape index (κ3) is 3.16. The van der Waals surface area contributed by atoms with E-state index < -0.39 is 10.0 Å². The van der Waals surface area contributed by atoms with Gasteiger partial charge in [0.25, 0.3) is 0 Å². The third-order valence-electron chi connectivity index (χ3n) is 3.79. The topological polar surface area (TPSA) is 83.6 Å². The smallest absolute Gasteiger partial charge is 0.243 e. The second-order valence-corrected chi connectivity index (χ2v) is 7.96. The van der Waals surface area contributed by atoms with Crippen molar-refractivity contribution in [3.63, 3.8) is 0 Å². The van der Waals surface area contributed by atoms with Crippen molar-refractivity contribution in [2.75, 3.05) is 18.8 Å². The van der Waals surface area contributed by atoms with Crippen LogP contribution >= 0.6 is 15.9 Å². The second-order valence-electron chi connectivity index (χ2n) is 5.17. The average molecular weight is 363 g/mol. The van der Waals surface area contributed by atoms with Crippen LogP contribution in [-0.4, -0.2) is 37.0 Å². The van der Waals surface area contributed by atoms with E-state index in [1.54, 1.807) is 13.0 Å². The normalized spacial score (nSPS) is 19.9. The number of nitrogens with zero attached hydrogens (tertiary/aromatic N) is 1. The summed E-state index contributed by atoms with van der Waals surface area (Å²) in [7, 11) is -3.48. The largest absolute Gasteiger partial charge is 0.398 e. The lowest BCUT2D eigenvalue weighted by Crippen LogP contribution is -2.40. The van der Waals surface area contributed by atoms with Gasteiger partial charge >= 0.3 is 0 Å². The lowest BCUT2D eigenvalue weighted by molar-refractivity contribution is 0.0912. The molecule has 5 nitrogen and oxygen atoms in total. The molecule has 2 rings (SSSR count). The molecule has 1 aromatic carbocycles. The molecular formula is C13H19BrN2O3S. The molecule has 0 amide bonds. The van der Waals surface area contributed by atoms with Crippen molar-refractivity contribution in [2.24, 2.45) is 5.92 Å². The van der Waals surface area contributed by atoms with Gasteiger partial charge in [-0.05, 0) is 59.8 Å². The molecule has 20 heavy (non-hydrogen) atoms. The van der Waals surface area contributed by atoms with Crippen LogP contribution in [0.4, 0.5) is 5.69 Å². The van der Waals surface area contributed by atoms with E-state index >= 15 is 0 Å². The van der Waals surface area contributed by atoms with E-state index in [0.29, 0.717) is 36.1 Å². The highest BCUT2D eigenvalue weighted by molar-refractivity contribution is 9.10. The van der Waals surface area contributed by atoms with Crippen LogP contribution in [0.15, 0.2) is 27.6 Å². The fraction of sp³-hybridized carbons (Fsp3) is 0.538. The molecular weight excluding hydrogens is 344 g/mol. The highest BCUT2D eigenvalue weighted by atomic mass is 79.9. The molecule has 0 spiro atoms. The van der Waals surface area contributed by atoms with Crippen LogP contribution in [0.3, 0.4) is 0 Å². The summed E-state index contributed by atoms with van der Waals surface area (Å²) in [5, 5.41) is 9.56. The van der Waals surface area contributed by atoms with E-state index in [1.165, 1.54) is 16.4 Å². The van der Waals surface area contributed by atoms with E-state index in [4.69, 9.17) is 5.73 Å². The highest BCUT2D eigenvalue weighted by Gasteiger charge is 2.31. The summed E-state index contributed by atoms with van der Waals surface area (Å²) < 4.78 is 27.1. The van der Waals surface area contributed by atoms with Gasteiger partial charge in [-0.25, -0.2) is 8.42 Å². The summed E-state index contributed by atoms with van der Waals surface area (Å²) in [6.07, 6.45) is 0.991. The van der Waals surface area contributed by atoms with Crippen molar-refractivity contribution in [3.8, 4) is 0 Å². The first-order valence-electron chi connectivity index (χ1n) is 6.55. The molecule has 1 aliphatic heterocycles. The van der Waals surface area contributed by atoms with Gasteiger partial charge in [-0.2, -0.15) is 4.31 Å². The van der Waals surface area contributed by atoms with Gasteiger partial charge in [-0.1, -0.05) is 0 Å². The summed E-state index contributed by atoms with van der Waals surface area (Å²) in [5.41, 5.74) is 6.19. The Balaban J connectivity index is 2.17. The summed E-state index contributed by atoms with van der Waals surface area (Å²) in [6, 6.07) is 4.64. The Morgan fingerprint density at radius 3 is 2.50 bits per heavy atom. The number of halogens is 1. The van der Waals surface area contributed by atoms with E-state index in [2.05, 4.69) is 15.9 Å². The zero-order valence-electron chi connectivity index (χ0n) is 11.3. The molecule has 0 aromatic heterocycles. The molecule has 0 saturated carbocycles. The Morgan fingerprint density at radius 2 is 2.00 bits per heavy atom. The number of nitrogen functional groups attached to an aromatic ring is 1. The van der Waals surface area contributed by atoms with Crippen LogP contribution in [0.1, 0.15) is 19.8 Å². The molecule has 1 aliphatic rings. The predicted octanol–water partition coefficient (Wildman–Crippen LogP) is 1.81. The minimum atomic E-state index is -3.48. The lowest BCUT2D eigenvalue weighted by Gasteiger charge is -2.32. The molecule has 0 aliphatic carbocycles. The Labute approximate surface area is 128 Å². The molecule has 7 heteroatoms. The number of aliphatic hydroxyl groups excluding tert-OH is 1. The Bertz CT molecular complexity index is 581. The van der Waals surface area contributed by atoms with Crippen molar-refractivity contribution >= 4 is 31.6 Å². The SMILES string of the molecule is CC(O)C1CCN(S(=O)(=O)c2ccc(N)c(Br)c2)CC1. The second kappa shape index (κ2) is 6.01. The number of anilines is 1. The van der Waals surface area contributed by atoms with Gasteiger partial charge in [0.15, 0.2) is 0 Å². The predicted molar refractivity (Wildman–Crippen MR) is 81.7 cm³/mol. The number of sulfonamides is 1. The van der Waals surface area contributed by atoms with Gasteiger partial charge in [-0.3, -0.25) is 0 Å². The summed E-state index contributed by atoms with van der Waals surface area (Å²) in [6.45, 7) is 2.64. The minimum absolute atomic E-state index is 0.180. The number of piperidine rings is 1. The number of aliphatic hydroxyl groups is 1. The van der Waals surface area contributed by atoms with Crippen molar-refractivity contribution in [1.29, 1.82) is 0 Å². The number of hydrogen-bond donors (Lipinski definition) is 2. The molecule has 0 bridgehead atoms. The van der Waals surface area contributed by atoms with Crippen LogP contribution in [0, 0.1) is 5.92 Å². The maximum absolute atomic E-state index is 12.5. The Hall–Kier alpha value is -0.630. The van der Waals surface area contributed by atoms with E-state index in [-0.39, 0.29) is 16.9 Å². The van der Waals surface area contributed by atoms with Crippen LogP contribution in [-0.2, 0) is 10.0 Å². The molecule has 1 heterocycles. The first kappa shape index (κ1) is 15.8. The first-order valence-corrected chi connectivity index (χ1v) is 8.79. The quantitative estimate of drug-likeness (QED) is 0.803. The van der Waals surface area contributed by atoms with Gasteiger partial charge in [0.1, 0.15) is 0 Å². The maximum atomic E-state index is 12.5. The minimum Gasteiger partial charge on any atom is -0.398 e. The van der Waals surface area contributed by atoms with Gasteiger partial charge in [0, 0.05) is 23.2 Å². The maximum Gasteiger partial charge on any atom is 0.243 e. The van der Waals surface area contributed by atoms with Crippen molar-refractivity contribution < 1.29 is 13.5 Å². The number of hydrogen-bond acceptors (Lipinski definition) is 4. The van der Waals surface area contributed by atoms with Gasteiger partial charge < -0.3 is 10.8 Å². The fourth-order valence-corrected chi connectivity index (χ4v) is 4.44. The summed E-state index contributed by atoms with van der Waals surface area (Å²) in [4.78, 5) is 0.245. The fourth-order valence-electron chi connectivity index (χ4n) is 2.42. The van der Waals surface area contributed by atoms with Gasteiger partial charge in [-0.15, -0.1) is 0 Å². The van der Waals surface area contributed by atoms with Crippen LogP contribution in [0.25, 0.3) is 0 Å². The standard InChI is InChI=1S/C13H19BrN2O3S/c1-9(17)10-4-6-16(7-5-10)20(18,19)11-2-3-13(15)12(14)8-11/h2-3,8-10,17H,4-7,15H2,1H3. The zero-order chi connectivity index (χ0) is 14.9. The number of rotatable bonds is 3. The molecule has 1 atom stereocenters. The molecule has 112 valence electrons. The first-order chi connectivity index (χ1) is 9.32. The molecule has 1 aromatic rings. The number of nitrogens with two attached hydrogens (primary N) is 1. The highest BCUT2D eigenvalue weighted by Crippen LogP contribution is 2.28. The molecule has 1 saturated heterocycles. The Kier molecular flexibility index (Phi) is 4.73. The molecule has 3 N–H and O–H groups in total. The number of benzene rings is 1. The molecule has 0 radical (unpaired) electrons. The van der Waals surface area contributed by atoms with Crippen LogP contribution in [0.5, 0.6) is 0 Å². The molecule has 1 unspecified atom stereocenters. The van der Waals surface area contributed by atoms with Gasteiger partial charge in [0.2, 0.25) is 10.0 Å². The average Bonchev–Trinajstić information content (AvgIpc) is 2.41. The lowest BCUT2D eigenvalue weighted by atomic mass is 9.93. The summed E-state index contributed by atoms with van der Waals surface area (Å²) in [5.74, 6) is 0.180. The van der Waals surface area contributed by atoms with E-state index in [0.717, 1.165) is 0 Å². The summed E-state index contributed by atoms with van der Waals surface area (Å²) >= 11 is 3.25. The zero-order valence-corrected chi connectivity index (χ0v) is 13.7. The Morgan fingerprint density at radius 1 is 1.40 bits per heavy atom.